The minimum absolute atomic E-state index is 0.132. The fourth-order valence-electron chi connectivity index (χ4n) is 1.49. The van der Waals surface area contributed by atoms with Crippen LogP contribution >= 0.6 is 0 Å². The van der Waals surface area contributed by atoms with Gasteiger partial charge in [0.05, 0.1) is 0 Å². The van der Waals surface area contributed by atoms with Crippen molar-refractivity contribution in [2.75, 3.05) is 0 Å². The molecular weight excluding hydrogens is 230 g/mol. The fourth-order valence-corrected chi connectivity index (χ4v) is 1.49. The molecule has 1 rings (SSSR count). The number of ketones is 1. The molecule has 0 aliphatic heterocycles. The Morgan fingerprint density at radius 3 is 2.17 bits per heavy atom. The van der Waals surface area contributed by atoms with Crippen molar-refractivity contribution in [3.8, 4) is 0 Å². The zero-order chi connectivity index (χ0) is 13.8. The molecule has 0 spiro atoms. The average Bonchev–Trinajstić information content (AvgIpc) is 2.24. The molecular formula is C14H19NO3. The van der Waals surface area contributed by atoms with E-state index in [0.29, 0.717) is 0 Å². The zero-order valence-electron chi connectivity index (χ0n) is 11.2. The summed E-state index contributed by atoms with van der Waals surface area (Å²) in [4.78, 5) is 23.2. The Balaban J connectivity index is 2.77. The van der Waals surface area contributed by atoms with E-state index < -0.39 is 17.7 Å². The Bertz CT molecular complexity index is 420. The van der Waals surface area contributed by atoms with E-state index >= 15 is 0 Å². The largest absolute Gasteiger partial charge is 0.444 e. The van der Waals surface area contributed by atoms with Crippen LogP contribution in [-0.4, -0.2) is 17.5 Å². The van der Waals surface area contributed by atoms with Gasteiger partial charge in [-0.1, -0.05) is 30.3 Å². The maximum Gasteiger partial charge on any atom is 0.408 e. The molecule has 0 aromatic heterocycles. The van der Waals surface area contributed by atoms with Gasteiger partial charge in [0.2, 0.25) is 0 Å². The Kier molecular flexibility index (Phi) is 4.48. The molecule has 0 heterocycles. The number of hydrogen-bond acceptors (Lipinski definition) is 3. The number of alkyl carbamates (subject to hydrolysis) is 1. The highest BCUT2D eigenvalue weighted by Crippen LogP contribution is 2.15. The van der Waals surface area contributed by atoms with Crippen LogP contribution in [-0.2, 0) is 9.53 Å². The van der Waals surface area contributed by atoms with Crippen LogP contribution in [0.2, 0.25) is 0 Å². The van der Waals surface area contributed by atoms with Crippen LogP contribution < -0.4 is 5.32 Å². The van der Waals surface area contributed by atoms with Gasteiger partial charge in [-0.15, -0.1) is 0 Å². The van der Waals surface area contributed by atoms with Crippen molar-refractivity contribution >= 4 is 11.9 Å². The molecule has 1 atom stereocenters. The Hall–Kier alpha value is -1.84. The first-order chi connectivity index (χ1) is 8.29. The number of hydrogen-bond donors (Lipinski definition) is 1. The lowest BCUT2D eigenvalue weighted by atomic mass is 10.0. The highest BCUT2D eigenvalue weighted by molar-refractivity contribution is 5.86. The van der Waals surface area contributed by atoms with Gasteiger partial charge >= 0.3 is 6.09 Å². The van der Waals surface area contributed by atoms with E-state index in [-0.39, 0.29) is 5.78 Å². The summed E-state index contributed by atoms with van der Waals surface area (Å²) in [5, 5.41) is 2.58. The van der Waals surface area contributed by atoms with E-state index in [1.54, 1.807) is 32.9 Å². The molecule has 0 bridgehead atoms. The number of carbonyl (C=O) groups is 2. The average molecular weight is 249 g/mol. The standard InChI is InChI=1S/C14H19NO3/c1-10(16)12(11-8-6-5-7-9-11)15-13(17)18-14(2,3)4/h5-9,12H,1-4H3,(H,15,17)/t12-/m1/s1. The number of amides is 1. The molecule has 0 unspecified atom stereocenters. The topological polar surface area (TPSA) is 55.4 Å². The van der Waals surface area contributed by atoms with Gasteiger partial charge in [0.1, 0.15) is 11.6 Å². The van der Waals surface area contributed by atoms with Crippen molar-refractivity contribution in [3.05, 3.63) is 35.9 Å². The summed E-state index contributed by atoms with van der Waals surface area (Å²) in [5.74, 6) is -0.132. The van der Waals surface area contributed by atoms with Gasteiger partial charge in [0.15, 0.2) is 5.78 Å². The van der Waals surface area contributed by atoms with Crippen molar-refractivity contribution in [1.29, 1.82) is 0 Å². The van der Waals surface area contributed by atoms with E-state index in [4.69, 9.17) is 4.74 Å². The molecule has 0 aliphatic rings. The number of rotatable bonds is 3. The minimum Gasteiger partial charge on any atom is -0.444 e. The molecule has 1 N–H and O–H groups in total. The van der Waals surface area contributed by atoms with Crippen molar-refractivity contribution < 1.29 is 14.3 Å². The monoisotopic (exact) mass is 249 g/mol. The first-order valence-corrected chi connectivity index (χ1v) is 5.84. The summed E-state index contributed by atoms with van der Waals surface area (Å²) in [6.45, 7) is 6.77. The normalized spacial score (nSPS) is 12.7. The van der Waals surface area contributed by atoms with Gasteiger partial charge in [0, 0.05) is 0 Å². The molecule has 4 nitrogen and oxygen atoms in total. The molecule has 0 saturated carbocycles. The maximum atomic E-state index is 11.7. The summed E-state index contributed by atoms with van der Waals surface area (Å²) in [6, 6.07) is 8.42. The Morgan fingerprint density at radius 2 is 1.72 bits per heavy atom. The molecule has 1 amide bonds. The molecule has 0 fully saturated rings. The molecule has 0 aliphatic carbocycles. The van der Waals surface area contributed by atoms with Gasteiger partial charge in [-0.05, 0) is 33.3 Å². The summed E-state index contributed by atoms with van der Waals surface area (Å²) >= 11 is 0. The first-order valence-electron chi connectivity index (χ1n) is 5.84. The van der Waals surface area contributed by atoms with Crippen LogP contribution in [0.4, 0.5) is 4.79 Å². The molecule has 1 aromatic rings. The van der Waals surface area contributed by atoms with Crippen LogP contribution in [0.1, 0.15) is 39.3 Å². The van der Waals surface area contributed by atoms with Crippen LogP contribution in [0.25, 0.3) is 0 Å². The smallest absolute Gasteiger partial charge is 0.408 e. The van der Waals surface area contributed by atoms with E-state index in [2.05, 4.69) is 5.32 Å². The SMILES string of the molecule is CC(=O)[C@@H](NC(=O)OC(C)(C)C)c1ccccc1. The number of carbonyl (C=O) groups excluding carboxylic acids is 2. The number of nitrogens with one attached hydrogen (secondary N) is 1. The molecule has 1 aromatic carbocycles. The van der Waals surface area contributed by atoms with Crippen LogP contribution in [0.3, 0.4) is 0 Å². The number of Topliss-reactive ketones (excluding diaryl/α,β-unsaturated/α-hetero) is 1. The van der Waals surface area contributed by atoms with Crippen molar-refractivity contribution in [1.82, 2.24) is 5.32 Å². The zero-order valence-corrected chi connectivity index (χ0v) is 11.2. The highest BCUT2D eigenvalue weighted by Gasteiger charge is 2.22. The van der Waals surface area contributed by atoms with Gasteiger partial charge in [-0.25, -0.2) is 4.79 Å². The predicted molar refractivity (Wildman–Crippen MR) is 69.2 cm³/mol. The van der Waals surface area contributed by atoms with Crippen LogP contribution in [0, 0.1) is 0 Å². The minimum atomic E-state index is -0.666. The lowest BCUT2D eigenvalue weighted by Crippen LogP contribution is -2.37. The summed E-state index contributed by atoms with van der Waals surface area (Å²) < 4.78 is 5.14. The van der Waals surface area contributed by atoms with Gasteiger partial charge in [0.25, 0.3) is 0 Å². The van der Waals surface area contributed by atoms with E-state index in [1.807, 2.05) is 18.2 Å². The lowest BCUT2D eigenvalue weighted by molar-refractivity contribution is -0.119. The Labute approximate surface area is 107 Å². The fraction of sp³-hybridized carbons (Fsp3) is 0.429. The van der Waals surface area contributed by atoms with Gasteiger partial charge in [-0.3, -0.25) is 4.79 Å². The van der Waals surface area contributed by atoms with Crippen molar-refractivity contribution in [3.63, 3.8) is 0 Å². The third-order valence-corrected chi connectivity index (χ3v) is 2.20. The summed E-state index contributed by atoms with van der Waals surface area (Å²) in [6.07, 6.45) is -0.591. The maximum absolute atomic E-state index is 11.7. The third kappa shape index (κ3) is 4.57. The highest BCUT2D eigenvalue weighted by atomic mass is 16.6. The molecule has 4 heteroatoms. The van der Waals surface area contributed by atoms with Crippen molar-refractivity contribution in [2.45, 2.75) is 39.3 Å². The van der Waals surface area contributed by atoms with E-state index in [1.165, 1.54) is 6.92 Å². The van der Waals surface area contributed by atoms with Crippen LogP contribution in [0.15, 0.2) is 30.3 Å². The number of ether oxygens (including phenoxy) is 1. The third-order valence-electron chi connectivity index (χ3n) is 2.20. The van der Waals surface area contributed by atoms with Gasteiger partial charge in [-0.2, -0.15) is 0 Å². The molecule has 0 saturated heterocycles. The molecule has 0 radical (unpaired) electrons. The first kappa shape index (κ1) is 14.2. The van der Waals surface area contributed by atoms with Gasteiger partial charge < -0.3 is 10.1 Å². The van der Waals surface area contributed by atoms with E-state index in [0.717, 1.165) is 5.56 Å². The molecule has 18 heavy (non-hydrogen) atoms. The second-order valence-electron chi connectivity index (χ2n) is 5.10. The second kappa shape index (κ2) is 5.67. The summed E-state index contributed by atoms with van der Waals surface area (Å²) in [5.41, 5.74) is 0.165. The summed E-state index contributed by atoms with van der Waals surface area (Å²) in [7, 11) is 0. The number of benzene rings is 1. The predicted octanol–water partition coefficient (Wildman–Crippen LogP) is 2.84. The van der Waals surface area contributed by atoms with Crippen LogP contribution in [0.5, 0.6) is 0 Å². The van der Waals surface area contributed by atoms with E-state index in [9.17, 15) is 9.59 Å². The Morgan fingerprint density at radius 1 is 1.17 bits per heavy atom. The second-order valence-corrected chi connectivity index (χ2v) is 5.10. The quantitative estimate of drug-likeness (QED) is 0.896. The molecule has 98 valence electrons. The lowest BCUT2D eigenvalue weighted by Gasteiger charge is -2.22. The van der Waals surface area contributed by atoms with Crippen molar-refractivity contribution in [2.24, 2.45) is 0 Å².